The summed E-state index contributed by atoms with van der Waals surface area (Å²) in [6.45, 7) is 2.78. The number of hydrogen-bond acceptors (Lipinski definition) is 8. The van der Waals surface area contributed by atoms with Gasteiger partial charge in [0.1, 0.15) is 5.82 Å². The molecule has 1 aliphatic heterocycles. The Kier molecular flexibility index (Phi) is 7.66. The molecule has 3 aromatic heterocycles. The molecule has 0 aliphatic carbocycles. The van der Waals surface area contributed by atoms with Crippen molar-refractivity contribution in [1.82, 2.24) is 29.5 Å². The molecular weight excluding hydrogens is 507 g/mol. The number of H-pyrrole nitrogens is 1. The van der Waals surface area contributed by atoms with E-state index < -0.39 is 25.0 Å². The second-order valence-electron chi connectivity index (χ2n) is 7.80. The monoisotopic (exact) mass is 528 g/mol. The van der Waals surface area contributed by atoms with E-state index in [9.17, 15) is 22.0 Å². The molecule has 0 bridgehead atoms. The first-order valence-electron chi connectivity index (χ1n) is 10.9. The van der Waals surface area contributed by atoms with Gasteiger partial charge in [0.25, 0.3) is 0 Å². The number of hydrogen-bond donors (Lipinski definition) is 3. The Morgan fingerprint density at radius 3 is 2.51 bits per heavy atom. The van der Waals surface area contributed by atoms with Gasteiger partial charge < -0.3 is 25.0 Å². The second kappa shape index (κ2) is 10.9. The number of fused-ring (bicyclic) bond motifs is 2. The van der Waals surface area contributed by atoms with Gasteiger partial charge in [0.05, 0.1) is 37.0 Å². The third kappa shape index (κ3) is 6.38. The zero-order valence-electron chi connectivity index (χ0n) is 19.0. The Bertz CT molecular complexity index is 1330. The first-order valence-corrected chi connectivity index (χ1v) is 10.9. The summed E-state index contributed by atoms with van der Waals surface area (Å²) in [5.41, 5.74) is 2.57. The van der Waals surface area contributed by atoms with E-state index in [4.69, 9.17) is 14.6 Å². The molecule has 0 radical (unpaired) electrons. The number of aromatic amines is 1. The Hall–Kier alpha value is -4.08. The van der Waals surface area contributed by atoms with Crippen molar-refractivity contribution < 1.29 is 36.6 Å². The van der Waals surface area contributed by atoms with Crippen LogP contribution in [0, 0.1) is 0 Å². The zero-order valence-corrected chi connectivity index (χ0v) is 19.0. The first kappa shape index (κ1) is 26.0. The Labute approximate surface area is 205 Å². The molecule has 1 aromatic carbocycles. The van der Waals surface area contributed by atoms with Crippen LogP contribution in [0.25, 0.3) is 16.7 Å². The van der Waals surface area contributed by atoms with Gasteiger partial charge in [-0.25, -0.2) is 18.6 Å². The molecule has 0 amide bonds. The largest absolute Gasteiger partial charge is 0.490 e. The summed E-state index contributed by atoms with van der Waals surface area (Å²) in [6, 6.07) is 7.75. The fourth-order valence-corrected chi connectivity index (χ4v) is 3.49. The Morgan fingerprint density at radius 2 is 1.86 bits per heavy atom. The van der Waals surface area contributed by atoms with E-state index >= 15 is 0 Å². The molecule has 1 fully saturated rings. The maximum Gasteiger partial charge on any atom is 0.490 e. The van der Waals surface area contributed by atoms with Crippen LogP contribution in [-0.2, 0) is 22.5 Å². The first-order chi connectivity index (χ1) is 17.6. The number of nitrogens with one attached hydrogen (secondary N) is 2. The smallest absolute Gasteiger partial charge is 0.475 e. The van der Waals surface area contributed by atoms with E-state index in [2.05, 4.69) is 30.4 Å². The van der Waals surface area contributed by atoms with Gasteiger partial charge in [-0.1, -0.05) is 12.1 Å². The summed E-state index contributed by atoms with van der Waals surface area (Å²) in [7, 11) is 0. The number of carboxylic acids is 1. The lowest BCUT2D eigenvalue weighted by Gasteiger charge is -2.27. The average Bonchev–Trinajstić information content (AvgIpc) is 3.46. The topological polar surface area (TPSA) is 134 Å². The number of carbonyl (C=O) groups is 1. The minimum Gasteiger partial charge on any atom is -0.475 e. The molecule has 1 aliphatic rings. The fraction of sp³-hybridized carbons (Fsp3) is 0.381. The van der Waals surface area contributed by atoms with Gasteiger partial charge >= 0.3 is 12.1 Å². The van der Waals surface area contributed by atoms with Gasteiger partial charge in [0, 0.05) is 25.1 Å². The van der Waals surface area contributed by atoms with Crippen LogP contribution >= 0.6 is 0 Å². The zero-order chi connectivity index (χ0) is 26.6. The number of nitrogens with zero attached hydrogens (tertiary/aromatic N) is 6. The second-order valence-corrected chi connectivity index (χ2v) is 7.80. The number of aliphatic carboxylic acids is 1. The minimum absolute atomic E-state index is 0.368. The summed E-state index contributed by atoms with van der Waals surface area (Å²) < 4.78 is 64.6. The Morgan fingerprint density at radius 1 is 1.16 bits per heavy atom. The van der Waals surface area contributed by atoms with Crippen molar-refractivity contribution in [2.24, 2.45) is 0 Å². The van der Waals surface area contributed by atoms with Crippen molar-refractivity contribution in [3.05, 3.63) is 41.9 Å². The molecule has 5 rings (SSSR count). The van der Waals surface area contributed by atoms with Crippen LogP contribution in [0.5, 0.6) is 0 Å². The van der Waals surface area contributed by atoms with Crippen molar-refractivity contribution in [2.45, 2.75) is 25.6 Å². The SMILES string of the molecule is FC(F)Cc1cnn2c(NCc3nc4ccccc4[nH]3)nc(N3CCOCC3)nc12.O=C(O)C(F)(F)F. The number of carboxylic acid groups (broad SMARTS) is 1. The predicted molar refractivity (Wildman–Crippen MR) is 121 cm³/mol. The van der Waals surface area contributed by atoms with Crippen LogP contribution in [-0.4, -0.2) is 79.5 Å². The maximum atomic E-state index is 13.0. The highest BCUT2D eigenvalue weighted by atomic mass is 19.4. The van der Waals surface area contributed by atoms with Crippen LogP contribution in [0.15, 0.2) is 30.5 Å². The lowest BCUT2D eigenvalue weighted by atomic mass is 10.2. The normalized spacial score (nSPS) is 14.2. The summed E-state index contributed by atoms with van der Waals surface area (Å²) >= 11 is 0. The van der Waals surface area contributed by atoms with Gasteiger partial charge in [-0.15, -0.1) is 0 Å². The average molecular weight is 528 g/mol. The van der Waals surface area contributed by atoms with Crippen LogP contribution in [0.2, 0.25) is 0 Å². The third-order valence-corrected chi connectivity index (χ3v) is 5.19. The standard InChI is InChI=1S/C19H20F2N8O.C2HF3O2/c20-15(21)9-12-10-23-29-17(12)26-19(28-5-7-30-8-6-28)27-18(29)22-11-16-24-13-3-1-2-4-14(13)25-16;3-2(4,5)1(6)7/h1-4,10,15H,5-9,11H2,(H,24,25)(H,22,26,27);(H,6,7). The fourth-order valence-electron chi connectivity index (χ4n) is 3.49. The number of anilines is 2. The molecule has 0 spiro atoms. The van der Waals surface area contributed by atoms with Crippen molar-refractivity contribution in [1.29, 1.82) is 0 Å². The number of ether oxygens (including phenoxy) is 1. The van der Waals surface area contributed by atoms with Gasteiger partial charge in [-0.05, 0) is 12.1 Å². The van der Waals surface area contributed by atoms with Crippen LogP contribution in [0.4, 0.5) is 33.8 Å². The number of rotatable bonds is 6. The number of imidazole rings is 1. The van der Waals surface area contributed by atoms with Crippen molar-refractivity contribution in [2.75, 3.05) is 36.5 Å². The molecule has 3 N–H and O–H groups in total. The quantitative estimate of drug-likeness (QED) is 0.323. The number of aromatic nitrogens is 6. The highest BCUT2D eigenvalue weighted by Crippen LogP contribution is 2.21. The lowest BCUT2D eigenvalue weighted by molar-refractivity contribution is -0.192. The molecule has 37 heavy (non-hydrogen) atoms. The molecule has 0 unspecified atom stereocenters. The lowest BCUT2D eigenvalue weighted by Crippen LogP contribution is -2.37. The van der Waals surface area contributed by atoms with Gasteiger partial charge in [-0.3, -0.25) is 0 Å². The molecule has 0 atom stereocenters. The summed E-state index contributed by atoms with van der Waals surface area (Å²) in [6.07, 6.45) is -6.55. The Balaban J connectivity index is 0.000000405. The molecule has 198 valence electrons. The van der Waals surface area contributed by atoms with E-state index in [1.807, 2.05) is 29.2 Å². The number of morpholine rings is 1. The molecule has 4 heterocycles. The molecule has 0 saturated carbocycles. The van der Waals surface area contributed by atoms with E-state index in [0.717, 1.165) is 16.9 Å². The highest BCUT2D eigenvalue weighted by Gasteiger charge is 2.38. The van der Waals surface area contributed by atoms with E-state index in [1.165, 1.54) is 10.7 Å². The highest BCUT2D eigenvalue weighted by molar-refractivity contribution is 5.74. The van der Waals surface area contributed by atoms with Gasteiger partial charge in [-0.2, -0.15) is 32.8 Å². The number of benzene rings is 1. The summed E-state index contributed by atoms with van der Waals surface area (Å²) in [4.78, 5) is 27.8. The molecule has 4 aromatic rings. The maximum absolute atomic E-state index is 13.0. The van der Waals surface area contributed by atoms with E-state index in [1.54, 1.807) is 0 Å². The molecule has 1 saturated heterocycles. The van der Waals surface area contributed by atoms with Gasteiger partial charge in [0.15, 0.2) is 5.65 Å². The number of halogens is 5. The minimum atomic E-state index is -5.08. The van der Waals surface area contributed by atoms with Crippen LogP contribution in [0.1, 0.15) is 11.4 Å². The summed E-state index contributed by atoms with van der Waals surface area (Å²) in [5.74, 6) is -1.14. The van der Waals surface area contributed by atoms with E-state index in [0.29, 0.717) is 56.0 Å². The van der Waals surface area contributed by atoms with Crippen LogP contribution in [0.3, 0.4) is 0 Å². The number of alkyl halides is 5. The number of para-hydroxylation sites is 2. The third-order valence-electron chi connectivity index (χ3n) is 5.19. The van der Waals surface area contributed by atoms with Crippen LogP contribution < -0.4 is 10.2 Å². The summed E-state index contributed by atoms with van der Waals surface area (Å²) in [5, 5.41) is 14.6. The van der Waals surface area contributed by atoms with Crippen molar-refractivity contribution in [3.63, 3.8) is 0 Å². The predicted octanol–water partition coefficient (Wildman–Crippen LogP) is 2.89. The van der Waals surface area contributed by atoms with Gasteiger partial charge in [0.2, 0.25) is 18.3 Å². The van der Waals surface area contributed by atoms with E-state index in [-0.39, 0.29) is 0 Å². The molecule has 11 nitrogen and oxygen atoms in total. The molecular formula is C21H21F5N8O3. The van der Waals surface area contributed by atoms with Crippen molar-refractivity contribution >= 4 is 34.5 Å². The van der Waals surface area contributed by atoms with Crippen molar-refractivity contribution in [3.8, 4) is 0 Å². The molecule has 16 heteroatoms.